The van der Waals surface area contributed by atoms with Crippen LogP contribution in [0.5, 0.6) is 0 Å². The first kappa shape index (κ1) is 9.85. The molecule has 0 radical (unpaired) electrons. The van der Waals surface area contributed by atoms with Gasteiger partial charge in [-0.15, -0.1) is 0 Å². The van der Waals surface area contributed by atoms with Crippen molar-refractivity contribution in [1.29, 1.82) is 0 Å². The maximum Gasteiger partial charge on any atom is 0.0256 e. The summed E-state index contributed by atoms with van der Waals surface area (Å²) in [6.45, 7) is 3.66. The number of hydrogen-bond acceptors (Lipinski definition) is 2. The van der Waals surface area contributed by atoms with Crippen LogP contribution in [0.2, 0.25) is 0 Å². The highest BCUT2D eigenvalue weighted by Gasteiger charge is 2.30. The van der Waals surface area contributed by atoms with Gasteiger partial charge in [0, 0.05) is 17.3 Å². The van der Waals surface area contributed by atoms with Crippen LogP contribution in [0.15, 0.2) is 0 Å². The molecule has 0 aromatic rings. The Morgan fingerprint density at radius 2 is 2.08 bits per heavy atom. The van der Waals surface area contributed by atoms with Crippen LogP contribution in [0, 0.1) is 0 Å². The first-order valence-corrected chi connectivity index (χ1v) is 6.64. The second kappa shape index (κ2) is 4.22. The minimum Gasteiger partial charge on any atom is -0.313 e. The van der Waals surface area contributed by atoms with Crippen molar-refractivity contribution in [2.45, 2.75) is 56.2 Å². The molecule has 0 spiro atoms. The molecular weight excluding hydrogens is 178 g/mol. The molecule has 13 heavy (non-hydrogen) atoms. The quantitative estimate of drug-likeness (QED) is 0.750. The van der Waals surface area contributed by atoms with E-state index < -0.39 is 0 Å². The van der Waals surface area contributed by atoms with Gasteiger partial charge in [-0.05, 0) is 38.4 Å². The predicted molar refractivity (Wildman–Crippen MR) is 60.4 cm³/mol. The minimum absolute atomic E-state index is 0.558. The Balaban J connectivity index is 1.71. The van der Waals surface area contributed by atoms with Crippen molar-refractivity contribution < 1.29 is 0 Å². The van der Waals surface area contributed by atoms with Crippen molar-refractivity contribution in [3.63, 3.8) is 0 Å². The Kier molecular flexibility index (Phi) is 3.20. The highest BCUT2D eigenvalue weighted by Crippen LogP contribution is 2.37. The summed E-state index contributed by atoms with van der Waals surface area (Å²) < 4.78 is 0.558. The summed E-state index contributed by atoms with van der Waals surface area (Å²) in [5.74, 6) is 1.38. The molecule has 2 fully saturated rings. The van der Waals surface area contributed by atoms with E-state index in [1.165, 1.54) is 50.8 Å². The molecule has 1 atom stereocenters. The lowest BCUT2D eigenvalue weighted by atomic mass is 10.1. The van der Waals surface area contributed by atoms with Crippen molar-refractivity contribution in [1.82, 2.24) is 5.32 Å². The fraction of sp³-hybridized carbons (Fsp3) is 1.00. The lowest BCUT2D eigenvalue weighted by molar-refractivity contribution is 0.466. The summed E-state index contributed by atoms with van der Waals surface area (Å²) in [4.78, 5) is 0. The largest absolute Gasteiger partial charge is 0.313 e. The lowest BCUT2D eigenvalue weighted by Crippen LogP contribution is -2.38. The van der Waals surface area contributed by atoms with Crippen LogP contribution < -0.4 is 5.32 Å². The first-order valence-electron chi connectivity index (χ1n) is 5.66. The summed E-state index contributed by atoms with van der Waals surface area (Å²) in [5, 5.41) is 3.74. The molecule has 1 unspecified atom stereocenters. The average Bonchev–Trinajstić information content (AvgIpc) is 2.72. The standard InChI is InChI=1S/C11H21NS/c1-11(7-4-8-13-11)9-12-10-5-2-3-6-10/h10,12H,2-9H2,1H3. The third-order valence-corrected chi connectivity index (χ3v) is 4.96. The molecule has 2 aliphatic rings. The maximum absolute atomic E-state index is 3.74. The predicted octanol–water partition coefficient (Wildman–Crippen LogP) is 2.80. The monoisotopic (exact) mass is 199 g/mol. The van der Waals surface area contributed by atoms with Crippen LogP contribution >= 0.6 is 11.8 Å². The van der Waals surface area contributed by atoms with Gasteiger partial charge in [0.1, 0.15) is 0 Å². The third-order valence-electron chi connectivity index (χ3n) is 3.42. The Morgan fingerprint density at radius 1 is 1.31 bits per heavy atom. The van der Waals surface area contributed by atoms with Gasteiger partial charge in [-0.3, -0.25) is 0 Å². The Morgan fingerprint density at radius 3 is 2.69 bits per heavy atom. The average molecular weight is 199 g/mol. The molecule has 1 saturated heterocycles. The molecule has 0 aromatic carbocycles. The SMILES string of the molecule is CC1(CNC2CCCC2)CCCS1. The van der Waals surface area contributed by atoms with Gasteiger partial charge in [-0.2, -0.15) is 11.8 Å². The van der Waals surface area contributed by atoms with Gasteiger partial charge < -0.3 is 5.32 Å². The topological polar surface area (TPSA) is 12.0 Å². The normalized spacial score (nSPS) is 35.8. The Hall–Kier alpha value is 0.310. The van der Waals surface area contributed by atoms with Gasteiger partial charge in [-0.1, -0.05) is 12.8 Å². The van der Waals surface area contributed by atoms with E-state index in [4.69, 9.17) is 0 Å². The fourth-order valence-electron chi connectivity index (χ4n) is 2.47. The molecule has 1 N–H and O–H groups in total. The van der Waals surface area contributed by atoms with E-state index in [1.54, 1.807) is 0 Å². The smallest absolute Gasteiger partial charge is 0.0256 e. The second-order valence-electron chi connectivity index (χ2n) is 4.76. The highest BCUT2D eigenvalue weighted by molar-refractivity contribution is 8.00. The number of rotatable bonds is 3. The minimum atomic E-state index is 0.558. The Labute approximate surface area is 86.0 Å². The highest BCUT2D eigenvalue weighted by atomic mass is 32.2. The zero-order valence-corrected chi connectivity index (χ0v) is 9.46. The van der Waals surface area contributed by atoms with E-state index in [1.807, 2.05) is 0 Å². The van der Waals surface area contributed by atoms with E-state index in [2.05, 4.69) is 24.0 Å². The number of thioether (sulfide) groups is 1. The fourth-order valence-corrected chi connectivity index (χ4v) is 3.72. The van der Waals surface area contributed by atoms with Crippen LogP contribution in [-0.2, 0) is 0 Å². The van der Waals surface area contributed by atoms with Crippen molar-refractivity contribution in [3.05, 3.63) is 0 Å². The Bertz CT molecular complexity index is 157. The molecule has 76 valence electrons. The third kappa shape index (κ3) is 2.63. The first-order chi connectivity index (χ1) is 6.29. The molecule has 2 rings (SSSR count). The molecule has 0 aromatic heterocycles. The van der Waals surface area contributed by atoms with Crippen LogP contribution in [0.3, 0.4) is 0 Å². The van der Waals surface area contributed by atoms with E-state index in [0.29, 0.717) is 4.75 Å². The zero-order valence-electron chi connectivity index (χ0n) is 8.64. The van der Waals surface area contributed by atoms with Gasteiger partial charge in [0.15, 0.2) is 0 Å². The van der Waals surface area contributed by atoms with Gasteiger partial charge in [0.2, 0.25) is 0 Å². The molecule has 1 heterocycles. The summed E-state index contributed by atoms with van der Waals surface area (Å²) in [5.41, 5.74) is 0. The van der Waals surface area contributed by atoms with E-state index in [9.17, 15) is 0 Å². The molecule has 2 heteroatoms. The van der Waals surface area contributed by atoms with Gasteiger partial charge in [-0.25, -0.2) is 0 Å². The molecule has 1 aliphatic carbocycles. The molecule has 1 aliphatic heterocycles. The molecule has 1 saturated carbocycles. The summed E-state index contributed by atoms with van der Waals surface area (Å²) in [6, 6.07) is 0.845. The molecular formula is C11H21NS. The second-order valence-corrected chi connectivity index (χ2v) is 6.45. The lowest BCUT2D eigenvalue weighted by Gasteiger charge is -2.25. The van der Waals surface area contributed by atoms with Crippen molar-refractivity contribution in [2.24, 2.45) is 0 Å². The van der Waals surface area contributed by atoms with E-state index >= 15 is 0 Å². The van der Waals surface area contributed by atoms with Crippen molar-refractivity contribution in [2.75, 3.05) is 12.3 Å². The molecule has 0 amide bonds. The van der Waals surface area contributed by atoms with Crippen molar-refractivity contribution in [3.8, 4) is 0 Å². The van der Waals surface area contributed by atoms with Crippen LogP contribution in [0.1, 0.15) is 45.4 Å². The molecule has 1 nitrogen and oxygen atoms in total. The van der Waals surface area contributed by atoms with Crippen LogP contribution in [0.25, 0.3) is 0 Å². The van der Waals surface area contributed by atoms with Gasteiger partial charge in [0.25, 0.3) is 0 Å². The van der Waals surface area contributed by atoms with Crippen LogP contribution in [-0.4, -0.2) is 23.1 Å². The van der Waals surface area contributed by atoms with Gasteiger partial charge in [0.05, 0.1) is 0 Å². The zero-order chi connectivity index (χ0) is 9.15. The number of hydrogen-bond donors (Lipinski definition) is 1. The molecule has 0 bridgehead atoms. The summed E-state index contributed by atoms with van der Waals surface area (Å²) >= 11 is 2.17. The summed E-state index contributed by atoms with van der Waals surface area (Å²) in [7, 11) is 0. The van der Waals surface area contributed by atoms with Crippen LogP contribution in [0.4, 0.5) is 0 Å². The van der Waals surface area contributed by atoms with E-state index in [0.717, 1.165) is 6.04 Å². The maximum atomic E-state index is 3.74. The van der Waals surface area contributed by atoms with E-state index in [-0.39, 0.29) is 0 Å². The number of nitrogens with one attached hydrogen (secondary N) is 1. The summed E-state index contributed by atoms with van der Waals surface area (Å²) in [6.07, 6.45) is 8.56. The van der Waals surface area contributed by atoms with Crippen molar-refractivity contribution >= 4 is 11.8 Å². The van der Waals surface area contributed by atoms with Gasteiger partial charge >= 0.3 is 0 Å².